The Bertz CT molecular complexity index is 2330. The number of hydrogen-bond acceptors (Lipinski definition) is 9. The van der Waals surface area contributed by atoms with E-state index in [1.165, 1.54) is 0 Å². The maximum Gasteiger partial charge on any atom is 0.509 e. The summed E-state index contributed by atoms with van der Waals surface area (Å²) in [6.45, 7) is 41.8. The third kappa shape index (κ3) is 5.24. The molecule has 0 N–H and O–H groups in total. The first kappa shape index (κ1) is 40.9. The average Bonchev–Trinajstić information content (AvgIpc) is 4.06. The second kappa shape index (κ2) is 13.3. The highest BCUT2D eigenvalue weighted by Crippen LogP contribution is 2.69. The largest absolute Gasteiger partial charge is 0.509 e. The third-order valence-corrected chi connectivity index (χ3v) is 15.3. The van der Waals surface area contributed by atoms with Gasteiger partial charge in [0, 0.05) is 35.3 Å². The number of fused-ring (bicyclic) bond motifs is 12. The predicted octanol–water partition coefficient (Wildman–Crippen LogP) is 7.42. The molecule has 10 rings (SSSR count). The van der Waals surface area contributed by atoms with Crippen molar-refractivity contribution < 1.29 is 38.1 Å². The molecule has 4 unspecified atom stereocenters. The standard InChI is InChI=1S/C26H29N3O5.C22H22N2O3/c1-7-32-21(30)26-11-10-25(34-26)13-24(14-27,28-6)17-12-16-8-9-18(19(17)20(25)15(26)2)29(16)22(31)33-23(3,4)5;1-5-26-19(25)21-9-8-20(27-21)12-22(23-3,24-4)16-11-14-6-7-15(10-14)17(16)18(20)13(21)2/h10-12,16,18-20H,2,7-9,13H2,1,3-5H3;8-9,11,14-15,17-18H,2,5-7,10,12H2,1H3/t16-,18-,19+,20-,24?,25?,26+;14-,15?,17-,18?,20-,21-/m01/s1. The lowest BCUT2D eigenvalue weighted by Gasteiger charge is -2.51. The molecule has 1 amide bonds. The Kier molecular flexibility index (Phi) is 8.90. The van der Waals surface area contributed by atoms with Gasteiger partial charge in [0.25, 0.3) is 0 Å². The molecule has 61 heavy (non-hydrogen) atoms. The highest BCUT2D eigenvalue weighted by atomic mass is 16.6. The fourth-order valence-electron chi connectivity index (χ4n) is 13.2. The molecule has 13 nitrogen and oxygen atoms in total. The van der Waals surface area contributed by atoms with E-state index in [0.29, 0.717) is 23.8 Å². The summed E-state index contributed by atoms with van der Waals surface area (Å²) < 4.78 is 29.2. The van der Waals surface area contributed by atoms with Gasteiger partial charge in [0.15, 0.2) is 6.07 Å². The molecule has 13 atom stereocenters. The zero-order chi connectivity index (χ0) is 43.7. The molecule has 2 spiro atoms. The molecule has 13 heteroatoms. The van der Waals surface area contributed by atoms with Gasteiger partial charge in [0.2, 0.25) is 11.2 Å². The second-order valence-electron chi connectivity index (χ2n) is 19.4. The lowest BCUT2D eigenvalue weighted by atomic mass is 9.54. The smallest absolute Gasteiger partial charge is 0.463 e. The number of carbonyl (C=O) groups excluding carboxylic acids is 3. The van der Waals surface area contributed by atoms with E-state index in [1.807, 2.05) is 39.0 Å². The maximum absolute atomic E-state index is 13.2. The molecule has 0 aromatic carbocycles. The van der Waals surface area contributed by atoms with Crippen LogP contribution in [0, 0.1) is 66.6 Å². The summed E-state index contributed by atoms with van der Waals surface area (Å²) >= 11 is 0. The summed E-state index contributed by atoms with van der Waals surface area (Å²) in [6.07, 6.45) is 16.0. The van der Waals surface area contributed by atoms with E-state index < -0.39 is 57.2 Å². The van der Waals surface area contributed by atoms with Crippen molar-refractivity contribution in [3.05, 3.63) is 106 Å². The van der Waals surface area contributed by atoms with E-state index >= 15 is 0 Å². The molecule has 4 aliphatic carbocycles. The molecule has 316 valence electrons. The van der Waals surface area contributed by atoms with Crippen LogP contribution in [-0.4, -0.2) is 87.4 Å². The number of hydrogen-bond donors (Lipinski definition) is 0. The van der Waals surface area contributed by atoms with Gasteiger partial charge >= 0.3 is 29.2 Å². The zero-order valence-electron chi connectivity index (χ0n) is 35.4. The summed E-state index contributed by atoms with van der Waals surface area (Å²) in [7, 11) is 0. The van der Waals surface area contributed by atoms with Crippen LogP contribution in [0.25, 0.3) is 14.5 Å². The fourth-order valence-corrected chi connectivity index (χ4v) is 13.2. The van der Waals surface area contributed by atoms with Crippen LogP contribution >= 0.6 is 0 Å². The molecular formula is C48H51N5O8. The minimum atomic E-state index is -1.44. The summed E-state index contributed by atoms with van der Waals surface area (Å²) in [5.74, 6) is -0.851. The molecule has 10 aliphatic rings. The van der Waals surface area contributed by atoms with Crippen LogP contribution in [0.4, 0.5) is 4.79 Å². The summed E-state index contributed by atoms with van der Waals surface area (Å²) in [5.41, 5.74) is -4.89. The average molecular weight is 826 g/mol. The maximum atomic E-state index is 13.2. The zero-order valence-corrected chi connectivity index (χ0v) is 35.4. The van der Waals surface area contributed by atoms with Crippen molar-refractivity contribution in [2.45, 2.75) is 131 Å². The van der Waals surface area contributed by atoms with Crippen LogP contribution in [0.2, 0.25) is 0 Å². The Hall–Kier alpha value is -5.47. The topological polar surface area (TPSA) is 137 Å². The summed E-state index contributed by atoms with van der Waals surface area (Å²) in [5, 5.41) is 10.3. The number of esters is 2. The van der Waals surface area contributed by atoms with Crippen molar-refractivity contribution >= 4 is 18.0 Å². The van der Waals surface area contributed by atoms with E-state index in [0.717, 1.165) is 42.4 Å². The van der Waals surface area contributed by atoms with Crippen molar-refractivity contribution in [1.29, 1.82) is 5.26 Å². The lowest BCUT2D eigenvalue weighted by molar-refractivity contribution is -0.165. The molecule has 0 aromatic heterocycles. The molecule has 6 fully saturated rings. The number of carbonyl (C=O) groups is 3. The second-order valence-corrected chi connectivity index (χ2v) is 19.4. The van der Waals surface area contributed by atoms with Crippen molar-refractivity contribution in [1.82, 2.24) is 4.90 Å². The van der Waals surface area contributed by atoms with Gasteiger partial charge in [0.1, 0.15) is 28.8 Å². The van der Waals surface area contributed by atoms with Gasteiger partial charge in [-0.25, -0.2) is 43.8 Å². The minimum absolute atomic E-state index is 0.0504. The van der Waals surface area contributed by atoms with Gasteiger partial charge in [0.05, 0.1) is 25.7 Å². The number of rotatable bonds is 4. The van der Waals surface area contributed by atoms with Gasteiger partial charge in [-0.2, -0.15) is 5.26 Å². The molecular weight excluding hydrogens is 775 g/mol. The first-order chi connectivity index (χ1) is 28.9. The van der Waals surface area contributed by atoms with E-state index in [-0.39, 0.29) is 61.8 Å². The van der Waals surface area contributed by atoms with Gasteiger partial charge < -0.3 is 23.7 Å². The quantitative estimate of drug-likeness (QED) is 0.123. The highest BCUT2D eigenvalue weighted by molar-refractivity contribution is 5.90. The molecule has 6 aliphatic heterocycles. The molecule has 3 saturated heterocycles. The number of allylic oxidation sites excluding steroid dienone is 1. The van der Waals surface area contributed by atoms with Crippen molar-refractivity contribution in [2.75, 3.05) is 13.2 Å². The summed E-state index contributed by atoms with van der Waals surface area (Å²) in [6, 6.07) is 1.75. The number of nitrogens with zero attached hydrogens (tertiary/aromatic N) is 5. The molecule has 0 aromatic rings. The minimum Gasteiger partial charge on any atom is -0.463 e. The number of amides is 1. The molecule has 6 heterocycles. The van der Waals surface area contributed by atoms with Crippen molar-refractivity contribution in [3.63, 3.8) is 0 Å². The van der Waals surface area contributed by atoms with Crippen LogP contribution in [-0.2, 0) is 33.3 Å². The van der Waals surface area contributed by atoms with E-state index in [9.17, 15) is 19.6 Å². The van der Waals surface area contributed by atoms with Crippen LogP contribution < -0.4 is 0 Å². The molecule has 0 radical (unpaired) electrons. The van der Waals surface area contributed by atoms with Crippen molar-refractivity contribution in [2.24, 2.45) is 35.5 Å². The van der Waals surface area contributed by atoms with Gasteiger partial charge in [-0.15, -0.1) is 0 Å². The normalized spacial score (nSPS) is 42.7. The Morgan fingerprint density at radius 2 is 1.43 bits per heavy atom. The van der Waals surface area contributed by atoms with Crippen LogP contribution in [0.15, 0.2) is 71.9 Å². The SMILES string of the molecule is [C-]#[N+]C1(C#N)CC23C=C[C@@](C(=O)OCC)(O2)C(=C)[C@H]3[C@@H]2C1=C[C@@H]1CC[C@@H]2N1C(=O)OC(C)(C)C.[C-]#[N+]C1([N+]#[C-])C[C@@]23C=C[C@@](C(=O)OCC)(O2)C(=C)C3[C@H]2C1=C[C@@H]1CCC2C1. The molecule has 8 bridgehead atoms. The van der Waals surface area contributed by atoms with E-state index in [4.69, 9.17) is 43.4 Å². The van der Waals surface area contributed by atoms with Crippen molar-refractivity contribution in [3.8, 4) is 6.07 Å². The Morgan fingerprint density at radius 1 is 0.836 bits per heavy atom. The van der Waals surface area contributed by atoms with Crippen LogP contribution in [0.1, 0.15) is 79.6 Å². The first-order valence-corrected chi connectivity index (χ1v) is 21.5. The van der Waals surface area contributed by atoms with Crippen LogP contribution in [0.5, 0.6) is 0 Å². The predicted molar refractivity (Wildman–Crippen MR) is 219 cm³/mol. The Balaban J connectivity index is 0.000000160. The summed E-state index contributed by atoms with van der Waals surface area (Å²) in [4.78, 5) is 52.4. The first-order valence-electron chi connectivity index (χ1n) is 21.5. The fraction of sp³-hybridized carbons (Fsp3) is 0.604. The van der Waals surface area contributed by atoms with Crippen LogP contribution in [0.3, 0.4) is 0 Å². The number of nitriles is 1. The third-order valence-electron chi connectivity index (χ3n) is 15.3. The lowest BCUT2D eigenvalue weighted by Crippen LogP contribution is -2.61. The van der Waals surface area contributed by atoms with Gasteiger partial charge in [-0.3, -0.25) is 9.74 Å². The van der Waals surface area contributed by atoms with Gasteiger partial charge in [-0.05, 0) is 102 Å². The Morgan fingerprint density at radius 3 is 1.97 bits per heavy atom. The Labute approximate surface area is 357 Å². The monoisotopic (exact) mass is 825 g/mol. The number of ether oxygens (including phenoxy) is 5. The van der Waals surface area contributed by atoms with E-state index in [1.54, 1.807) is 30.9 Å². The van der Waals surface area contributed by atoms with E-state index in [2.05, 4.69) is 39.8 Å². The van der Waals surface area contributed by atoms with Gasteiger partial charge in [-0.1, -0.05) is 37.5 Å². The highest BCUT2D eigenvalue weighted by Gasteiger charge is 2.78. The molecule has 3 saturated carbocycles.